The number of benzene rings is 2. The number of Topliss-reactive ketones (excluding diaryl/α,β-unsaturated/α-hetero) is 1. The van der Waals surface area contributed by atoms with Crippen LogP contribution in [0, 0.1) is 0 Å². The highest BCUT2D eigenvalue weighted by Crippen LogP contribution is 2.26. The lowest BCUT2D eigenvalue weighted by Gasteiger charge is -2.10. The summed E-state index contributed by atoms with van der Waals surface area (Å²) in [6, 6.07) is 12.0. The normalized spacial score (nSPS) is 10.1. The van der Waals surface area contributed by atoms with Crippen molar-refractivity contribution in [3.8, 4) is 11.5 Å². The van der Waals surface area contributed by atoms with Gasteiger partial charge in [0.2, 0.25) is 5.78 Å². The molecule has 0 bridgehead atoms. The molecule has 0 amide bonds. The van der Waals surface area contributed by atoms with Gasteiger partial charge >= 0.3 is 5.97 Å². The highest BCUT2D eigenvalue weighted by molar-refractivity contribution is 7.98. The zero-order valence-electron chi connectivity index (χ0n) is 13.7. The highest BCUT2D eigenvalue weighted by Gasteiger charge is 2.18. The Labute approximate surface area is 144 Å². The van der Waals surface area contributed by atoms with Crippen molar-refractivity contribution < 1.29 is 23.8 Å². The van der Waals surface area contributed by atoms with Crippen molar-refractivity contribution in [1.82, 2.24) is 0 Å². The quantitative estimate of drug-likeness (QED) is 0.435. The monoisotopic (exact) mass is 346 g/mol. The predicted octanol–water partition coefficient (Wildman–Crippen LogP) is 3.47. The van der Waals surface area contributed by atoms with Gasteiger partial charge in [-0.15, -0.1) is 11.8 Å². The fraction of sp³-hybridized carbons (Fsp3) is 0.222. The molecule has 2 rings (SSSR count). The average Bonchev–Trinajstić information content (AvgIpc) is 2.65. The van der Waals surface area contributed by atoms with Gasteiger partial charge in [0, 0.05) is 4.90 Å². The lowest BCUT2D eigenvalue weighted by atomic mass is 10.1. The fourth-order valence-electron chi connectivity index (χ4n) is 2.13. The van der Waals surface area contributed by atoms with Crippen LogP contribution in [0.2, 0.25) is 0 Å². The molecule has 24 heavy (non-hydrogen) atoms. The number of thioether (sulfide) groups is 1. The molecule has 0 fully saturated rings. The number of carbonyl (C=O) groups is 2. The van der Waals surface area contributed by atoms with Crippen LogP contribution in [0.4, 0.5) is 0 Å². The number of hydrogen-bond acceptors (Lipinski definition) is 6. The lowest BCUT2D eigenvalue weighted by molar-refractivity contribution is 0.0470. The van der Waals surface area contributed by atoms with Gasteiger partial charge in [0.05, 0.1) is 19.8 Å². The second-order valence-corrected chi connectivity index (χ2v) is 5.65. The molecule has 0 aliphatic rings. The number of ketones is 1. The van der Waals surface area contributed by atoms with Crippen molar-refractivity contribution >= 4 is 23.5 Å². The van der Waals surface area contributed by atoms with Gasteiger partial charge in [-0.05, 0) is 36.6 Å². The van der Waals surface area contributed by atoms with E-state index in [0.29, 0.717) is 17.1 Å². The predicted molar refractivity (Wildman–Crippen MR) is 92.4 cm³/mol. The molecule has 126 valence electrons. The van der Waals surface area contributed by atoms with Crippen LogP contribution in [0.3, 0.4) is 0 Å². The van der Waals surface area contributed by atoms with Gasteiger partial charge in [0.1, 0.15) is 17.1 Å². The van der Waals surface area contributed by atoms with Crippen molar-refractivity contribution in [2.45, 2.75) is 4.90 Å². The van der Waals surface area contributed by atoms with Crippen molar-refractivity contribution in [3.63, 3.8) is 0 Å². The summed E-state index contributed by atoms with van der Waals surface area (Å²) in [5, 5.41) is 0. The number of methoxy groups -OCH3 is 2. The Morgan fingerprint density at radius 1 is 0.958 bits per heavy atom. The molecular weight excluding hydrogens is 328 g/mol. The summed E-state index contributed by atoms with van der Waals surface area (Å²) in [4.78, 5) is 25.4. The first kappa shape index (κ1) is 17.9. The summed E-state index contributed by atoms with van der Waals surface area (Å²) in [5.41, 5.74) is 0.653. The molecule has 0 aliphatic carbocycles. The number of rotatable bonds is 7. The van der Waals surface area contributed by atoms with Gasteiger partial charge in [-0.25, -0.2) is 4.79 Å². The van der Waals surface area contributed by atoms with E-state index >= 15 is 0 Å². The third-order valence-electron chi connectivity index (χ3n) is 3.37. The Balaban J connectivity index is 2.09. The summed E-state index contributed by atoms with van der Waals surface area (Å²) in [6.45, 7) is -0.368. The van der Waals surface area contributed by atoms with Gasteiger partial charge in [-0.2, -0.15) is 0 Å². The molecule has 5 nitrogen and oxygen atoms in total. The summed E-state index contributed by atoms with van der Waals surface area (Å²) in [5.74, 6) is -0.0831. The van der Waals surface area contributed by atoms with E-state index in [1.54, 1.807) is 42.5 Å². The zero-order valence-corrected chi connectivity index (χ0v) is 14.5. The van der Waals surface area contributed by atoms with Crippen LogP contribution in [0.1, 0.15) is 20.7 Å². The molecule has 0 heterocycles. The van der Waals surface area contributed by atoms with Crippen LogP contribution >= 0.6 is 11.8 Å². The van der Waals surface area contributed by atoms with E-state index in [-0.39, 0.29) is 18.0 Å². The SMILES string of the molecule is COc1ccccc1C(=O)COC(=O)c1ccc(SC)cc1OC. The molecular formula is C18H18O5S. The Kier molecular flexibility index (Phi) is 6.26. The third kappa shape index (κ3) is 4.08. The summed E-state index contributed by atoms with van der Waals surface area (Å²) >= 11 is 1.54. The van der Waals surface area contributed by atoms with Gasteiger partial charge in [-0.1, -0.05) is 12.1 Å². The van der Waals surface area contributed by atoms with Crippen LogP contribution in [-0.4, -0.2) is 38.8 Å². The van der Waals surface area contributed by atoms with E-state index in [1.807, 2.05) is 6.26 Å². The molecule has 0 spiro atoms. The Hall–Kier alpha value is -2.47. The van der Waals surface area contributed by atoms with Crippen LogP contribution in [0.25, 0.3) is 0 Å². The first-order valence-electron chi connectivity index (χ1n) is 7.16. The zero-order chi connectivity index (χ0) is 17.5. The molecule has 0 saturated heterocycles. The minimum atomic E-state index is -0.609. The lowest BCUT2D eigenvalue weighted by Crippen LogP contribution is -2.15. The Morgan fingerprint density at radius 2 is 1.67 bits per heavy atom. The van der Waals surface area contributed by atoms with Crippen LogP contribution in [-0.2, 0) is 4.74 Å². The van der Waals surface area contributed by atoms with Crippen molar-refractivity contribution in [1.29, 1.82) is 0 Å². The van der Waals surface area contributed by atoms with E-state index in [2.05, 4.69) is 0 Å². The second kappa shape index (κ2) is 8.40. The van der Waals surface area contributed by atoms with Crippen molar-refractivity contribution in [2.75, 3.05) is 27.1 Å². The average molecular weight is 346 g/mol. The molecule has 2 aromatic carbocycles. The Bertz CT molecular complexity index is 742. The Morgan fingerprint density at radius 3 is 2.33 bits per heavy atom. The van der Waals surface area contributed by atoms with Crippen LogP contribution in [0.15, 0.2) is 47.4 Å². The smallest absolute Gasteiger partial charge is 0.342 e. The number of ether oxygens (including phenoxy) is 3. The molecule has 0 radical (unpaired) electrons. The topological polar surface area (TPSA) is 61.8 Å². The summed E-state index contributed by atoms with van der Waals surface area (Å²) in [7, 11) is 2.96. The molecule has 2 aromatic rings. The molecule has 0 N–H and O–H groups in total. The largest absolute Gasteiger partial charge is 0.496 e. The van der Waals surface area contributed by atoms with Gasteiger partial charge in [0.15, 0.2) is 6.61 Å². The summed E-state index contributed by atoms with van der Waals surface area (Å²) in [6.07, 6.45) is 1.93. The first-order chi connectivity index (χ1) is 11.6. The van der Waals surface area contributed by atoms with Crippen LogP contribution in [0.5, 0.6) is 11.5 Å². The fourth-order valence-corrected chi connectivity index (χ4v) is 2.56. The number of hydrogen-bond donors (Lipinski definition) is 0. The summed E-state index contributed by atoms with van der Waals surface area (Å²) < 4.78 is 15.5. The number of para-hydroxylation sites is 1. The van der Waals surface area contributed by atoms with Gasteiger partial charge < -0.3 is 14.2 Å². The standard InChI is InChI=1S/C18H18O5S/c1-21-16-7-5-4-6-13(16)15(19)11-23-18(20)14-9-8-12(24-3)10-17(14)22-2/h4-10H,11H2,1-3H3. The van der Waals surface area contributed by atoms with Crippen LogP contribution < -0.4 is 9.47 Å². The second-order valence-electron chi connectivity index (χ2n) is 4.77. The van der Waals surface area contributed by atoms with E-state index in [9.17, 15) is 9.59 Å². The maximum Gasteiger partial charge on any atom is 0.342 e. The molecule has 0 unspecified atom stereocenters. The molecule has 0 aliphatic heterocycles. The van der Waals surface area contributed by atoms with Crippen molar-refractivity contribution in [3.05, 3.63) is 53.6 Å². The number of esters is 1. The van der Waals surface area contributed by atoms with E-state index in [0.717, 1.165) is 4.90 Å². The minimum Gasteiger partial charge on any atom is -0.496 e. The molecule has 0 aromatic heterocycles. The molecule has 0 saturated carbocycles. The van der Waals surface area contributed by atoms with Crippen molar-refractivity contribution in [2.24, 2.45) is 0 Å². The van der Waals surface area contributed by atoms with Gasteiger partial charge in [-0.3, -0.25) is 4.79 Å². The molecule has 6 heteroatoms. The first-order valence-corrected chi connectivity index (χ1v) is 8.38. The molecule has 0 atom stereocenters. The maximum absolute atomic E-state index is 12.2. The third-order valence-corrected chi connectivity index (χ3v) is 4.10. The highest BCUT2D eigenvalue weighted by atomic mass is 32.2. The van der Waals surface area contributed by atoms with E-state index in [4.69, 9.17) is 14.2 Å². The maximum atomic E-state index is 12.2. The number of carbonyl (C=O) groups excluding carboxylic acids is 2. The minimum absolute atomic E-state index is 0.281. The van der Waals surface area contributed by atoms with E-state index < -0.39 is 5.97 Å². The van der Waals surface area contributed by atoms with E-state index in [1.165, 1.54) is 26.0 Å². The van der Waals surface area contributed by atoms with Gasteiger partial charge in [0.25, 0.3) is 0 Å².